The molecule has 1 aliphatic heterocycles. The van der Waals surface area contributed by atoms with E-state index in [0.717, 1.165) is 35.5 Å². The molecule has 0 aromatic carbocycles. The molecule has 1 N–H and O–H groups in total. The highest BCUT2D eigenvalue weighted by molar-refractivity contribution is 7.19. The third-order valence-electron chi connectivity index (χ3n) is 2.03. The molecule has 5 heteroatoms. The lowest BCUT2D eigenvalue weighted by Crippen LogP contribution is -2.27. The van der Waals surface area contributed by atoms with Crippen molar-refractivity contribution in [1.82, 2.24) is 4.98 Å². The van der Waals surface area contributed by atoms with Gasteiger partial charge in [-0.3, -0.25) is 0 Å². The topological polar surface area (TPSA) is 34.2 Å². The van der Waals surface area contributed by atoms with Crippen molar-refractivity contribution in [3.63, 3.8) is 0 Å². The Labute approximate surface area is 86.1 Å². The first kappa shape index (κ1) is 9.24. The van der Waals surface area contributed by atoms with Gasteiger partial charge in [0.15, 0.2) is 5.13 Å². The smallest absolute Gasteiger partial charge is 0.184 e. The zero-order valence-electron chi connectivity index (χ0n) is 7.12. The van der Waals surface area contributed by atoms with Crippen molar-refractivity contribution in [3.05, 3.63) is 10.5 Å². The average molecular weight is 219 g/mol. The molecule has 0 spiro atoms. The van der Waals surface area contributed by atoms with Gasteiger partial charge < -0.3 is 10.1 Å². The summed E-state index contributed by atoms with van der Waals surface area (Å²) in [6.07, 6.45) is 3.78. The maximum atomic E-state index is 5.77. The first-order valence-electron chi connectivity index (χ1n) is 4.30. The highest BCUT2D eigenvalue weighted by atomic mass is 35.5. The molecule has 1 aromatic heterocycles. The summed E-state index contributed by atoms with van der Waals surface area (Å²) in [4.78, 5) is 4.14. The average Bonchev–Trinajstić information content (AvgIpc) is 2.53. The summed E-state index contributed by atoms with van der Waals surface area (Å²) in [5.41, 5.74) is 0. The third-order valence-corrected chi connectivity index (χ3v) is 3.07. The van der Waals surface area contributed by atoms with E-state index in [1.54, 1.807) is 6.20 Å². The number of halogens is 1. The first-order valence-corrected chi connectivity index (χ1v) is 5.49. The fourth-order valence-corrected chi connectivity index (χ4v) is 2.23. The summed E-state index contributed by atoms with van der Waals surface area (Å²) in [5.74, 6) is 0. The van der Waals surface area contributed by atoms with Crippen LogP contribution in [0, 0.1) is 0 Å². The highest BCUT2D eigenvalue weighted by Crippen LogP contribution is 2.24. The van der Waals surface area contributed by atoms with Crippen LogP contribution >= 0.6 is 22.9 Å². The molecule has 0 bridgehead atoms. The van der Waals surface area contributed by atoms with Gasteiger partial charge in [0.05, 0.1) is 6.20 Å². The van der Waals surface area contributed by atoms with E-state index in [0.29, 0.717) is 6.04 Å². The van der Waals surface area contributed by atoms with Crippen molar-refractivity contribution in [2.75, 3.05) is 18.5 Å². The van der Waals surface area contributed by atoms with Gasteiger partial charge in [0.1, 0.15) is 4.34 Å². The van der Waals surface area contributed by atoms with Crippen LogP contribution in [0.4, 0.5) is 5.13 Å². The van der Waals surface area contributed by atoms with Gasteiger partial charge in [-0.05, 0) is 12.8 Å². The Kier molecular flexibility index (Phi) is 3.03. The van der Waals surface area contributed by atoms with E-state index in [4.69, 9.17) is 16.3 Å². The Morgan fingerprint density at radius 3 is 2.92 bits per heavy atom. The van der Waals surface area contributed by atoms with Crippen molar-refractivity contribution in [1.29, 1.82) is 0 Å². The van der Waals surface area contributed by atoms with Crippen LogP contribution in [-0.4, -0.2) is 24.2 Å². The normalized spacial score (nSPS) is 18.8. The van der Waals surface area contributed by atoms with Crippen LogP contribution in [0.5, 0.6) is 0 Å². The summed E-state index contributed by atoms with van der Waals surface area (Å²) in [7, 11) is 0. The molecule has 13 heavy (non-hydrogen) atoms. The Bertz CT molecular complexity index is 273. The number of hydrogen-bond acceptors (Lipinski definition) is 4. The van der Waals surface area contributed by atoms with E-state index in [-0.39, 0.29) is 0 Å². The van der Waals surface area contributed by atoms with E-state index in [1.807, 2.05) is 0 Å². The summed E-state index contributed by atoms with van der Waals surface area (Å²) < 4.78 is 5.99. The van der Waals surface area contributed by atoms with Gasteiger partial charge in [-0.15, -0.1) is 0 Å². The SMILES string of the molecule is Clc1cnc(NC2CCOCC2)s1. The standard InChI is InChI=1S/C8H11ClN2OS/c9-7-5-10-8(13-7)11-6-1-3-12-4-2-6/h5-6H,1-4H2,(H,10,11). The quantitative estimate of drug-likeness (QED) is 0.828. The second-order valence-electron chi connectivity index (χ2n) is 3.00. The van der Waals surface area contributed by atoms with E-state index >= 15 is 0 Å². The Balaban J connectivity index is 1.89. The van der Waals surface area contributed by atoms with Crippen LogP contribution in [0.2, 0.25) is 4.34 Å². The van der Waals surface area contributed by atoms with Crippen LogP contribution in [0.1, 0.15) is 12.8 Å². The molecule has 0 atom stereocenters. The van der Waals surface area contributed by atoms with Crippen molar-refractivity contribution in [2.45, 2.75) is 18.9 Å². The maximum Gasteiger partial charge on any atom is 0.184 e. The van der Waals surface area contributed by atoms with Crippen molar-refractivity contribution in [2.24, 2.45) is 0 Å². The minimum atomic E-state index is 0.496. The minimum absolute atomic E-state index is 0.496. The molecule has 0 amide bonds. The number of thiazole rings is 1. The van der Waals surface area contributed by atoms with Gasteiger partial charge in [0.25, 0.3) is 0 Å². The van der Waals surface area contributed by atoms with Crippen molar-refractivity contribution < 1.29 is 4.74 Å². The maximum absolute atomic E-state index is 5.77. The Morgan fingerprint density at radius 2 is 2.31 bits per heavy atom. The second-order valence-corrected chi connectivity index (χ2v) is 4.66. The molecular weight excluding hydrogens is 208 g/mol. The molecule has 1 aromatic rings. The summed E-state index contributed by atoms with van der Waals surface area (Å²) in [6, 6.07) is 0.496. The number of nitrogens with zero attached hydrogens (tertiary/aromatic N) is 1. The lowest BCUT2D eigenvalue weighted by Gasteiger charge is -2.22. The monoisotopic (exact) mass is 218 g/mol. The molecule has 1 fully saturated rings. The highest BCUT2D eigenvalue weighted by Gasteiger charge is 2.14. The van der Waals surface area contributed by atoms with Crippen LogP contribution < -0.4 is 5.32 Å². The molecule has 0 aliphatic carbocycles. The van der Waals surface area contributed by atoms with E-state index < -0.39 is 0 Å². The Morgan fingerprint density at radius 1 is 1.54 bits per heavy atom. The number of nitrogens with one attached hydrogen (secondary N) is 1. The molecule has 0 saturated carbocycles. The zero-order valence-corrected chi connectivity index (χ0v) is 8.70. The van der Waals surface area contributed by atoms with Gasteiger partial charge in [-0.25, -0.2) is 4.98 Å². The molecule has 0 radical (unpaired) electrons. The van der Waals surface area contributed by atoms with Crippen molar-refractivity contribution in [3.8, 4) is 0 Å². The minimum Gasteiger partial charge on any atom is -0.381 e. The first-order chi connectivity index (χ1) is 6.34. The molecule has 2 rings (SSSR count). The second kappa shape index (κ2) is 4.26. The van der Waals surface area contributed by atoms with E-state index in [2.05, 4.69) is 10.3 Å². The molecule has 1 saturated heterocycles. The van der Waals surface area contributed by atoms with Gasteiger partial charge in [0, 0.05) is 19.3 Å². The molecule has 1 aliphatic rings. The fourth-order valence-electron chi connectivity index (χ4n) is 1.34. The molecule has 0 unspecified atom stereocenters. The number of aromatic nitrogens is 1. The number of rotatable bonds is 2. The number of anilines is 1. The summed E-state index contributed by atoms with van der Waals surface area (Å²) in [5, 5.41) is 4.26. The molecule has 2 heterocycles. The Hall–Kier alpha value is -0.320. The van der Waals surface area contributed by atoms with E-state index in [1.165, 1.54) is 11.3 Å². The van der Waals surface area contributed by atoms with Gasteiger partial charge in [-0.1, -0.05) is 22.9 Å². The van der Waals surface area contributed by atoms with Crippen LogP contribution in [0.3, 0.4) is 0 Å². The molecule has 3 nitrogen and oxygen atoms in total. The fraction of sp³-hybridized carbons (Fsp3) is 0.625. The predicted molar refractivity (Wildman–Crippen MR) is 54.6 cm³/mol. The number of ether oxygens (including phenoxy) is 1. The molecule has 72 valence electrons. The van der Waals surface area contributed by atoms with Crippen LogP contribution in [0.15, 0.2) is 6.20 Å². The largest absolute Gasteiger partial charge is 0.381 e. The van der Waals surface area contributed by atoms with Gasteiger partial charge in [0.2, 0.25) is 0 Å². The van der Waals surface area contributed by atoms with Crippen LogP contribution in [-0.2, 0) is 4.74 Å². The van der Waals surface area contributed by atoms with Crippen LogP contribution in [0.25, 0.3) is 0 Å². The number of hydrogen-bond donors (Lipinski definition) is 1. The van der Waals surface area contributed by atoms with Crippen molar-refractivity contribution >= 4 is 28.1 Å². The zero-order chi connectivity index (χ0) is 9.10. The van der Waals surface area contributed by atoms with Gasteiger partial charge in [-0.2, -0.15) is 0 Å². The predicted octanol–water partition coefficient (Wildman–Crippen LogP) is 2.39. The lowest BCUT2D eigenvalue weighted by atomic mass is 10.1. The third kappa shape index (κ3) is 2.56. The van der Waals surface area contributed by atoms with E-state index in [9.17, 15) is 0 Å². The summed E-state index contributed by atoms with van der Waals surface area (Å²) in [6.45, 7) is 1.69. The van der Waals surface area contributed by atoms with Gasteiger partial charge >= 0.3 is 0 Å². The lowest BCUT2D eigenvalue weighted by molar-refractivity contribution is 0.0904. The molecular formula is C8H11ClN2OS. The summed E-state index contributed by atoms with van der Waals surface area (Å²) >= 11 is 7.25.